The van der Waals surface area contributed by atoms with Gasteiger partial charge in [-0.25, -0.2) is 0 Å². The molecule has 1 aliphatic rings. The van der Waals surface area contributed by atoms with E-state index in [9.17, 15) is 22.8 Å². The number of para-hydroxylation sites is 1. The zero-order valence-electron chi connectivity index (χ0n) is 15.4. The average Bonchev–Trinajstić information content (AvgIpc) is 3.52. The lowest BCUT2D eigenvalue weighted by atomic mass is 10.1. The quantitative estimate of drug-likeness (QED) is 0.809. The van der Waals surface area contributed by atoms with Crippen molar-refractivity contribution in [3.05, 3.63) is 65.2 Å². The normalized spacial score (nSPS) is 13.9. The summed E-state index contributed by atoms with van der Waals surface area (Å²) in [6.07, 6.45) is -2.20. The molecule has 1 fully saturated rings. The van der Waals surface area contributed by atoms with Crippen LogP contribution in [-0.4, -0.2) is 25.4 Å². The van der Waals surface area contributed by atoms with Crippen molar-refractivity contribution >= 4 is 17.5 Å². The van der Waals surface area contributed by atoms with Crippen molar-refractivity contribution in [3.8, 4) is 0 Å². The molecular weight excluding hydrogens is 369 g/mol. The topological polar surface area (TPSA) is 49.4 Å². The third-order valence-corrected chi connectivity index (χ3v) is 4.75. The molecule has 0 spiro atoms. The molecule has 1 aliphatic carbocycles. The van der Waals surface area contributed by atoms with Gasteiger partial charge in [-0.15, -0.1) is 0 Å². The molecule has 0 heterocycles. The molecule has 2 aromatic rings. The second-order valence-corrected chi connectivity index (χ2v) is 6.89. The molecule has 1 saturated carbocycles. The maximum absolute atomic E-state index is 12.6. The van der Waals surface area contributed by atoms with E-state index in [-0.39, 0.29) is 24.3 Å². The Morgan fingerprint density at radius 2 is 1.71 bits per heavy atom. The van der Waals surface area contributed by atoms with Gasteiger partial charge in [-0.2, -0.15) is 13.2 Å². The summed E-state index contributed by atoms with van der Waals surface area (Å²) in [5.41, 5.74) is 0.943. The Balaban J connectivity index is 1.60. The van der Waals surface area contributed by atoms with Gasteiger partial charge in [-0.05, 0) is 49.1 Å². The summed E-state index contributed by atoms with van der Waals surface area (Å²) in [6.45, 7) is 0.277. The van der Waals surface area contributed by atoms with Crippen LogP contribution in [0.25, 0.3) is 0 Å². The van der Waals surface area contributed by atoms with E-state index in [4.69, 9.17) is 0 Å². The van der Waals surface area contributed by atoms with E-state index >= 15 is 0 Å². The number of hydrogen-bond acceptors (Lipinski definition) is 2. The second kappa shape index (κ2) is 8.04. The number of nitrogens with zero attached hydrogens (tertiary/aromatic N) is 1. The minimum absolute atomic E-state index is 0.00463. The van der Waals surface area contributed by atoms with E-state index in [2.05, 4.69) is 5.32 Å². The number of carbonyl (C=O) groups excluding carboxylic acids is 2. The first-order valence-electron chi connectivity index (χ1n) is 9.08. The van der Waals surface area contributed by atoms with E-state index in [0.29, 0.717) is 23.2 Å². The lowest BCUT2D eigenvalue weighted by Gasteiger charge is -2.20. The van der Waals surface area contributed by atoms with Crippen molar-refractivity contribution in [2.24, 2.45) is 5.92 Å². The van der Waals surface area contributed by atoms with Gasteiger partial charge >= 0.3 is 6.18 Å². The lowest BCUT2D eigenvalue weighted by molar-refractivity contribution is -0.137. The van der Waals surface area contributed by atoms with Crippen LogP contribution in [0.15, 0.2) is 48.5 Å². The van der Waals surface area contributed by atoms with Gasteiger partial charge in [0.25, 0.3) is 5.91 Å². The van der Waals surface area contributed by atoms with E-state index in [1.54, 1.807) is 31.3 Å². The molecule has 0 radical (unpaired) electrons. The van der Waals surface area contributed by atoms with Gasteiger partial charge in [-0.1, -0.05) is 24.3 Å². The standard InChI is InChI=1S/C21H21F3N2O2/c1-26(20(28)15-8-9-15)18-5-3-2-4-17(18)19(27)25-13-12-14-6-10-16(11-7-14)21(22,23)24/h2-7,10-11,15H,8-9,12-13H2,1H3,(H,25,27). The monoisotopic (exact) mass is 390 g/mol. The Morgan fingerprint density at radius 3 is 2.32 bits per heavy atom. The molecule has 0 aromatic heterocycles. The smallest absolute Gasteiger partial charge is 0.352 e. The fourth-order valence-electron chi connectivity index (χ4n) is 2.96. The van der Waals surface area contributed by atoms with E-state index in [1.807, 2.05) is 0 Å². The fraction of sp³-hybridized carbons (Fsp3) is 0.333. The minimum Gasteiger partial charge on any atom is -0.352 e. The molecule has 0 saturated heterocycles. The fourth-order valence-corrected chi connectivity index (χ4v) is 2.96. The maximum atomic E-state index is 12.6. The second-order valence-electron chi connectivity index (χ2n) is 6.89. The number of anilines is 1. The van der Waals surface area contributed by atoms with Gasteiger partial charge in [0.15, 0.2) is 0 Å². The molecule has 4 nitrogen and oxygen atoms in total. The van der Waals surface area contributed by atoms with Crippen LogP contribution in [0.2, 0.25) is 0 Å². The molecule has 0 atom stereocenters. The van der Waals surface area contributed by atoms with Crippen molar-refractivity contribution in [2.75, 3.05) is 18.5 Å². The van der Waals surface area contributed by atoms with Gasteiger partial charge in [0, 0.05) is 19.5 Å². The molecule has 1 N–H and O–H groups in total. The third-order valence-electron chi connectivity index (χ3n) is 4.75. The average molecular weight is 390 g/mol. The highest BCUT2D eigenvalue weighted by Gasteiger charge is 2.33. The van der Waals surface area contributed by atoms with Crippen molar-refractivity contribution < 1.29 is 22.8 Å². The Morgan fingerprint density at radius 1 is 1.07 bits per heavy atom. The molecule has 0 bridgehead atoms. The Hall–Kier alpha value is -2.83. The zero-order valence-corrected chi connectivity index (χ0v) is 15.4. The van der Waals surface area contributed by atoms with Crippen LogP contribution in [0.4, 0.5) is 18.9 Å². The summed E-state index contributed by atoms with van der Waals surface area (Å²) in [6, 6.07) is 11.8. The van der Waals surface area contributed by atoms with Crippen LogP contribution in [0.3, 0.4) is 0 Å². The molecule has 2 aromatic carbocycles. The first kappa shape index (κ1) is 19.9. The molecule has 0 unspecified atom stereocenters. The summed E-state index contributed by atoms with van der Waals surface area (Å²) < 4.78 is 37.8. The molecule has 7 heteroatoms. The SMILES string of the molecule is CN(C(=O)C1CC1)c1ccccc1C(=O)NCCc1ccc(C(F)(F)F)cc1. The summed E-state index contributed by atoms with van der Waals surface area (Å²) in [4.78, 5) is 26.4. The third kappa shape index (κ3) is 4.71. The number of alkyl halides is 3. The molecule has 28 heavy (non-hydrogen) atoms. The maximum Gasteiger partial charge on any atom is 0.416 e. The number of benzene rings is 2. The first-order chi connectivity index (χ1) is 13.3. The summed E-state index contributed by atoms with van der Waals surface area (Å²) >= 11 is 0. The van der Waals surface area contributed by atoms with Crippen LogP contribution in [0.5, 0.6) is 0 Å². The number of nitrogens with one attached hydrogen (secondary N) is 1. The van der Waals surface area contributed by atoms with E-state index < -0.39 is 11.7 Å². The number of halogens is 3. The first-order valence-corrected chi connectivity index (χ1v) is 9.08. The predicted molar refractivity (Wildman–Crippen MR) is 100 cm³/mol. The number of rotatable bonds is 6. The highest BCUT2D eigenvalue weighted by atomic mass is 19.4. The van der Waals surface area contributed by atoms with Gasteiger partial charge in [0.1, 0.15) is 0 Å². The molecule has 148 valence electrons. The van der Waals surface area contributed by atoms with Crippen molar-refractivity contribution in [1.29, 1.82) is 0 Å². The van der Waals surface area contributed by atoms with E-state index in [0.717, 1.165) is 25.0 Å². The highest BCUT2D eigenvalue weighted by Crippen LogP contribution is 2.33. The molecule has 2 amide bonds. The van der Waals surface area contributed by atoms with Crippen molar-refractivity contribution in [3.63, 3.8) is 0 Å². The Labute approximate surface area is 161 Å². The van der Waals surface area contributed by atoms with Crippen LogP contribution in [0, 0.1) is 5.92 Å². The lowest BCUT2D eigenvalue weighted by Crippen LogP contribution is -2.32. The van der Waals surface area contributed by atoms with Crippen LogP contribution in [-0.2, 0) is 17.4 Å². The van der Waals surface area contributed by atoms with Crippen LogP contribution in [0.1, 0.15) is 34.3 Å². The molecule has 3 rings (SSSR count). The highest BCUT2D eigenvalue weighted by molar-refractivity contribution is 6.05. The van der Waals surface area contributed by atoms with Gasteiger partial charge in [-0.3, -0.25) is 9.59 Å². The zero-order chi connectivity index (χ0) is 20.3. The Kier molecular flexibility index (Phi) is 5.72. The summed E-state index contributed by atoms with van der Waals surface area (Å²) in [5, 5.41) is 2.77. The van der Waals surface area contributed by atoms with Crippen molar-refractivity contribution in [2.45, 2.75) is 25.4 Å². The number of hydrogen-bond donors (Lipinski definition) is 1. The number of carbonyl (C=O) groups is 2. The number of amides is 2. The summed E-state index contributed by atoms with van der Waals surface area (Å²) in [7, 11) is 1.66. The predicted octanol–water partition coefficient (Wildman–Crippen LogP) is 4.05. The van der Waals surface area contributed by atoms with Crippen LogP contribution < -0.4 is 10.2 Å². The summed E-state index contributed by atoms with van der Waals surface area (Å²) in [5.74, 6) is -0.274. The molecule has 0 aliphatic heterocycles. The van der Waals surface area contributed by atoms with Gasteiger partial charge in [0.2, 0.25) is 5.91 Å². The minimum atomic E-state index is -4.36. The van der Waals surface area contributed by atoms with E-state index in [1.165, 1.54) is 17.0 Å². The van der Waals surface area contributed by atoms with Crippen molar-refractivity contribution in [1.82, 2.24) is 5.32 Å². The largest absolute Gasteiger partial charge is 0.416 e. The van der Waals surface area contributed by atoms with Gasteiger partial charge < -0.3 is 10.2 Å². The molecular formula is C21H21F3N2O2. The van der Waals surface area contributed by atoms with Gasteiger partial charge in [0.05, 0.1) is 16.8 Å². The van der Waals surface area contributed by atoms with Crippen LogP contribution >= 0.6 is 0 Å². The Bertz CT molecular complexity index is 859.